The molecule has 0 bridgehead atoms. The fourth-order valence-corrected chi connectivity index (χ4v) is 11.1. The Labute approximate surface area is 358 Å². The maximum atomic E-state index is 6.61. The summed E-state index contributed by atoms with van der Waals surface area (Å²) in [6.07, 6.45) is 7.55. The number of fused-ring (bicyclic) bond motifs is 9. The van der Waals surface area contributed by atoms with Gasteiger partial charge in [-0.05, 0) is 105 Å². The van der Waals surface area contributed by atoms with E-state index in [2.05, 4.69) is 226 Å². The van der Waals surface area contributed by atoms with Crippen LogP contribution in [0.25, 0.3) is 50.1 Å². The lowest BCUT2D eigenvalue weighted by atomic mass is 9.74. The third kappa shape index (κ3) is 5.21. The minimum absolute atomic E-state index is 0.0364. The van der Waals surface area contributed by atoms with E-state index in [1.807, 2.05) is 0 Å². The Morgan fingerprint density at radius 2 is 1.10 bits per heavy atom. The van der Waals surface area contributed by atoms with Crippen LogP contribution in [-0.2, 0) is 10.8 Å². The van der Waals surface area contributed by atoms with Gasteiger partial charge in [0, 0.05) is 45.2 Å². The molecule has 0 spiro atoms. The highest BCUT2D eigenvalue weighted by Crippen LogP contribution is 2.56. The van der Waals surface area contributed by atoms with E-state index in [0.717, 1.165) is 34.8 Å². The van der Waals surface area contributed by atoms with E-state index in [0.29, 0.717) is 0 Å². The Morgan fingerprint density at radius 1 is 0.492 bits per heavy atom. The number of ether oxygens (including phenoxy) is 1. The third-order valence-corrected chi connectivity index (χ3v) is 14.1. The molecule has 0 radical (unpaired) electrons. The molecule has 292 valence electrons. The first-order valence-corrected chi connectivity index (χ1v) is 21.6. The van der Waals surface area contributed by atoms with Gasteiger partial charge in [0.25, 0.3) is 0 Å². The minimum atomic E-state index is -0.345. The van der Waals surface area contributed by atoms with Crippen LogP contribution in [-0.4, -0.2) is 6.10 Å². The summed E-state index contributed by atoms with van der Waals surface area (Å²) in [5.41, 5.74) is 22.0. The van der Waals surface area contributed by atoms with Crippen LogP contribution in [0.2, 0.25) is 0 Å². The van der Waals surface area contributed by atoms with Crippen molar-refractivity contribution >= 4 is 22.6 Å². The summed E-state index contributed by atoms with van der Waals surface area (Å²) in [6.45, 7) is 7.14. The molecule has 12 rings (SSSR count). The number of nitrogens with zero attached hydrogens (tertiary/aromatic N) is 1. The summed E-state index contributed by atoms with van der Waals surface area (Å²) >= 11 is 0. The molecule has 4 aliphatic rings. The van der Waals surface area contributed by atoms with Crippen LogP contribution in [0, 0.1) is 0 Å². The molecule has 0 saturated heterocycles. The number of allylic oxidation sites excluding steroid dienone is 2. The number of anilines is 3. The summed E-state index contributed by atoms with van der Waals surface area (Å²) in [4.78, 5) is 2.52. The quantitative estimate of drug-likeness (QED) is 0.167. The molecule has 8 aromatic carbocycles. The first kappa shape index (κ1) is 35.8. The molecule has 2 nitrogen and oxygen atoms in total. The van der Waals surface area contributed by atoms with E-state index in [1.165, 1.54) is 77.9 Å². The van der Waals surface area contributed by atoms with Crippen LogP contribution in [0.1, 0.15) is 60.6 Å². The van der Waals surface area contributed by atoms with E-state index < -0.39 is 0 Å². The van der Waals surface area contributed by atoms with Crippen molar-refractivity contribution in [2.75, 3.05) is 4.90 Å². The van der Waals surface area contributed by atoms with E-state index in [1.54, 1.807) is 0 Å². The highest BCUT2D eigenvalue weighted by Gasteiger charge is 2.42. The van der Waals surface area contributed by atoms with Gasteiger partial charge < -0.3 is 9.64 Å². The number of para-hydroxylation sites is 2. The molecule has 2 unspecified atom stereocenters. The second-order valence-corrected chi connectivity index (χ2v) is 17.6. The molecular formula is C59H45NO. The molecule has 0 N–H and O–H groups in total. The van der Waals surface area contributed by atoms with Crippen molar-refractivity contribution in [1.29, 1.82) is 0 Å². The number of benzene rings is 8. The average Bonchev–Trinajstić information content (AvgIpc) is 3.90. The number of rotatable bonds is 6. The van der Waals surface area contributed by atoms with Crippen molar-refractivity contribution in [2.24, 2.45) is 0 Å². The van der Waals surface area contributed by atoms with Crippen molar-refractivity contribution in [1.82, 2.24) is 0 Å². The fraction of sp³-hybridized carbons (Fsp3) is 0.119. The van der Waals surface area contributed by atoms with Crippen LogP contribution < -0.4 is 9.64 Å². The molecule has 2 atom stereocenters. The van der Waals surface area contributed by atoms with Gasteiger partial charge in [-0.3, -0.25) is 0 Å². The highest BCUT2D eigenvalue weighted by molar-refractivity contribution is 5.99. The van der Waals surface area contributed by atoms with E-state index in [-0.39, 0.29) is 16.9 Å². The third-order valence-electron chi connectivity index (χ3n) is 14.1. The van der Waals surface area contributed by atoms with Crippen molar-refractivity contribution in [3.63, 3.8) is 0 Å². The Bertz CT molecular complexity index is 3150. The van der Waals surface area contributed by atoms with Crippen LogP contribution in [0.3, 0.4) is 0 Å². The van der Waals surface area contributed by atoms with Gasteiger partial charge in [-0.2, -0.15) is 0 Å². The zero-order valence-electron chi connectivity index (χ0n) is 34.7. The van der Waals surface area contributed by atoms with Gasteiger partial charge in [-0.15, -0.1) is 0 Å². The van der Waals surface area contributed by atoms with Gasteiger partial charge in [0.2, 0.25) is 0 Å². The predicted molar refractivity (Wildman–Crippen MR) is 253 cm³/mol. The normalized spacial score (nSPS) is 18.2. The van der Waals surface area contributed by atoms with Crippen molar-refractivity contribution < 1.29 is 4.74 Å². The van der Waals surface area contributed by atoms with Crippen molar-refractivity contribution in [3.05, 3.63) is 234 Å². The van der Waals surface area contributed by atoms with Crippen molar-refractivity contribution in [2.45, 2.75) is 44.1 Å². The lowest BCUT2D eigenvalue weighted by molar-refractivity contribution is 0.279. The summed E-state index contributed by atoms with van der Waals surface area (Å²) in [5.74, 6) is 0.954. The summed E-state index contributed by atoms with van der Waals surface area (Å²) in [7, 11) is 0. The SMILES string of the molecule is CC1(C)c2ccccc2-c2ccc(-c3ccccc3N(c3ccc4c(c3)C(C)(c3ccccc3)c3ccccc3-4)c3ccccc3-c3cccc4c3C3=CC=CCC3O4)cc21. The molecule has 0 fully saturated rings. The summed E-state index contributed by atoms with van der Waals surface area (Å²) in [5, 5.41) is 0. The van der Waals surface area contributed by atoms with Gasteiger partial charge in [0.1, 0.15) is 11.9 Å². The molecule has 61 heavy (non-hydrogen) atoms. The van der Waals surface area contributed by atoms with Gasteiger partial charge in [-0.1, -0.05) is 178 Å². The monoisotopic (exact) mass is 783 g/mol. The highest BCUT2D eigenvalue weighted by atomic mass is 16.5. The first-order chi connectivity index (χ1) is 29.9. The molecule has 1 heterocycles. The zero-order valence-corrected chi connectivity index (χ0v) is 34.7. The maximum absolute atomic E-state index is 6.61. The molecular weight excluding hydrogens is 739 g/mol. The molecule has 8 aromatic rings. The van der Waals surface area contributed by atoms with Crippen LogP contribution in [0.5, 0.6) is 5.75 Å². The smallest absolute Gasteiger partial charge is 0.128 e. The number of hydrogen-bond acceptors (Lipinski definition) is 2. The van der Waals surface area contributed by atoms with E-state index >= 15 is 0 Å². The Balaban J connectivity index is 1.11. The van der Waals surface area contributed by atoms with Gasteiger partial charge >= 0.3 is 0 Å². The van der Waals surface area contributed by atoms with Gasteiger partial charge in [0.05, 0.1) is 11.4 Å². The topological polar surface area (TPSA) is 12.5 Å². The Morgan fingerprint density at radius 3 is 1.90 bits per heavy atom. The molecule has 0 saturated carbocycles. The standard InChI is InChI=1S/C59H45NO/c1-58(2)49-26-12-7-21-42(49)44-34-32-38(36-51(44)58)41-20-9-14-28-53(41)60(54-29-15-10-23-46(54)47-25-17-31-56-57(47)48-24-11-16-30-55(48)61-56)40-33-35-45-43-22-8-13-27-50(43)59(3,52(45)37-40)39-18-5-4-6-19-39/h4-29,31-37,55H,30H2,1-3H3. The van der Waals surface area contributed by atoms with Crippen LogP contribution in [0.15, 0.2) is 200 Å². The predicted octanol–water partition coefficient (Wildman–Crippen LogP) is 15.2. The number of hydrogen-bond donors (Lipinski definition) is 0. The average molecular weight is 784 g/mol. The molecule has 0 aromatic heterocycles. The second kappa shape index (κ2) is 13.4. The summed E-state index contributed by atoms with van der Waals surface area (Å²) in [6, 6.07) is 67.7. The van der Waals surface area contributed by atoms with Gasteiger partial charge in [-0.25, -0.2) is 0 Å². The largest absolute Gasteiger partial charge is 0.485 e. The second-order valence-electron chi connectivity index (χ2n) is 17.6. The van der Waals surface area contributed by atoms with E-state index in [9.17, 15) is 0 Å². The zero-order chi connectivity index (χ0) is 40.9. The van der Waals surface area contributed by atoms with Crippen LogP contribution in [0.4, 0.5) is 17.1 Å². The maximum Gasteiger partial charge on any atom is 0.128 e. The lowest BCUT2D eigenvalue weighted by Gasteiger charge is -2.33. The molecule has 0 amide bonds. The summed E-state index contributed by atoms with van der Waals surface area (Å²) < 4.78 is 6.61. The Kier molecular flexibility index (Phi) is 7.87. The lowest BCUT2D eigenvalue weighted by Crippen LogP contribution is -2.23. The van der Waals surface area contributed by atoms with Crippen LogP contribution >= 0.6 is 0 Å². The molecule has 1 aliphatic heterocycles. The first-order valence-electron chi connectivity index (χ1n) is 21.6. The van der Waals surface area contributed by atoms with E-state index in [4.69, 9.17) is 4.74 Å². The van der Waals surface area contributed by atoms with Gasteiger partial charge in [0.15, 0.2) is 0 Å². The molecule has 2 heteroatoms. The Hall–Kier alpha value is -7.16. The molecule has 3 aliphatic carbocycles. The fourth-order valence-electron chi connectivity index (χ4n) is 11.1. The minimum Gasteiger partial charge on any atom is -0.485 e. The van der Waals surface area contributed by atoms with Crippen molar-refractivity contribution in [3.8, 4) is 50.3 Å².